The van der Waals surface area contributed by atoms with Gasteiger partial charge in [0.15, 0.2) is 0 Å². The molecule has 0 unspecified atom stereocenters. The van der Waals surface area contributed by atoms with Gasteiger partial charge in [-0.3, -0.25) is 4.68 Å². The molecule has 3 rings (SSSR count). The standard InChI is InChI=1S/C15H21N3S/c1-12(10-18-8-4-7-17-18)16-9-13-11-19-15-6-3-2-5-14(13)15/h4,7-8,11-12,16H,2-3,5-6,9-10H2,1H3/t12-/m1/s1. The fourth-order valence-electron chi connectivity index (χ4n) is 2.75. The molecule has 0 saturated heterocycles. The molecule has 0 spiro atoms. The van der Waals surface area contributed by atoms with E-state index < -0.39 is 0 Å². The van der Waals surface area contributed by atoms with Crippen LogP contribution in [0.25, 0.3) is 0 Å². The van der Waals surface area contributed by atoms with Crippen LogP contribution in [-0.2, 0) is 25.9 Å². The Morgan fingerprint density at radius 2 is 2.32 bits per heavy atom. The zero-order chi connectivity index (χ0) is 13.1. The lowest BCUT2D eigenvalue weighted by atomic mass is 9.96. The van der Waals surface area contributed by atoms with E-state index in [2.05, 4.69) is 22.7 Å². The topological polar surface area (TPSA) is 29.9 Å². The monoisotopic (exact) mass is 275 g/mol. The Hall–Kier alpha value is -1.13. The van der Waals surface area contributed by atoms with Gasteiger partial charge in [0.2, 0.25) is 0 Å². The van der Waals surface area contributed by atoms with Gasteiger partial charge in [0.05, 0.1) is 6.54 Å². The predicted molar refractivity (Wildman–Crippen MR) is 79.5 cm³/mol. The van der Waals surface area contributed by atoms with Crippen molar-refractivity contribution < 1.29 is 0 Å². The van der Waals surface area contributed by atoms with Crippen molar-refractivity contribution in [1.29, 1.82) is 0 Å². The van der Waals surface area contributed by atoms with Crippen LogP contribution < -0.4 is 5.32 Å². The molecular weight excluding hydrogens is 254 g/mol. The molecule has 0 aliphatic heterocycles. The molecule has 0 aromatic carbocycles. The molecule has 1 atom stereocenters. The van der Waals surface area contributed by atoms with Gasteiger partial charge in [0, 0.05) is 29.9 Å². The summed E-state index contributed by atoms with van der Waals surface area (Å²) in [6.07, 6.45) is 9.16. The van der Waals surface area contributed by atoms with E-state index in [-0.39, 0.29) is 0 Å². The van der Waals surface area contributed by atoms with Crippen LogP contribution in [0.15, 0.2) is 23.8 Å². The van der Waals surface area contributed by atoms with Crippen LogP contribution in [0.2, 0.25) is 0 Å². The Bertz CT molecular complexity index is 515. The van der Waals surface area contributed by atoms with Crippen molar-refractivity contribution in [2.75, 3.05) is 0 Å². The lowest BCUT2D eigenvalue weighted by molar-refractivity contribution is 0.450. The second-order valence-corrected chi connectivity index (χ2v) is 6.34. The first kappa shape index (κ1) is 12.9. The average Bonchev–Trinajstić information content (AvgIpc) is 3.05. The van der Waals surface area contributed by atoms with Crippen LogP contribution in [0, 0.1) is 0 Å². The van der Waals surface area contributed by atoms with Gasteiger partial charge < -0.3 is 5.32 Å². The van der Waals surface area contributed by atoms with Gasteiger partial charge in [0.25, 0.3) is 0 Å². The van der Waals surface area contributed by atoms with E-state index in [9.17, 15) is 0 Å². The molecule has 2 aromatic heterocycles. The molecule has 0 fully saturated rings. The highest BCUT2D eigenvalue weighted by Gasteiger charge is 2.15. The summed E-state index contributed by atoms with van der Waals surface area (Å²) in [7, 11) is 0. The Balaban J connectivity index is 1.55. The fraction of sp³-hybridized carbons (Fsp3) is 0.533. The highest BCUT2D eigenvalue weighted by atomic mass is 32.1. The van der Waals surface area contributed by atoms with Gasteiger partial charge in [-0.1, -0.05) is 0 Å². The van der Waals surface area contributed by atoms with Gasteiger partial charge in [0.1, 0.15) is 0 Å². The molecule has 1 aliphatic rings. The lowest BCUT2D eigenvalue weighted by Crippen LogP contribution is -2.30. The molecule has 0 amide bonds. The largest absolute Gasteiger partial charge is 0.308 e. The summed E-state index contributed by atoms with van der Waals surface area (Å²) < 4.78 is 1.99. The Morgan fingerprint density at radius 1 is 1.42 bits per heavy atom. The van der Waals surface area contributed by atoms with E-state index in [1.54, 1.807) is 10.4 Å². The maximum atomic E-state index is 4.25. The van der Waals surface area contributed by atoms with Crippen LogP contribution >= 0.6 is 11.3 Å². The predicted octanol–water partition coefficient (Wildman–Crippen LogP) is 3.00. The molecule has 2 aromatic rings. The maximum Gasteiger partial charge on any atom is 0.0560 e. The fourth-order valence-corrected chi connectivity index (χ4v) is 3.89. The summed E-state index contributed by atoms with van der Waals surface area (Å²) in [6, 6.07) is 2.42. The van der Waals surface area contributed by atoms with E-state index in [0.717, 1.165) is 13.1 Å². The molecular formula is C15H21N3S. The zero-order valence-electron chi connectivity index (χ0n) is 11.4. The third-order valence-corrected chi connectivity index (χ3v) is 4.95. The number of hydrogen-bond donors (Lipinski definition) is 1. The van der Waals surface area contributed by atoms with Gasteiger partial charge in [-0.25, -0.2) is 0 Å². The molecule has 0 radical (unpaired) electrons. The van der Waals surface area contributed by atoms with Crippen LogP contribution in [-0.4, -0.2) is 15.8 Å². The summed E-state index contributed by atoms with van der Waals surface area (Å²) in [5.74, 6) is 0. The number of nitrogens with zero attached hydrogens (tertiary/aromatic N) is 2. The van der Waals surface area contributed by atoms with E-state index in [0.29, 0.717) is 6.04 Å². The van der Waals surface area contributed by atoms with Crippen molar-refractivity contribution in [3.05, 3.63) is 39.8 Å². The number of rotatable bonds is 5. The van der Waals surface area contributed by atoms with Crippen molar-refractivity contribution in [3.8, 4) is 0 Å². The van der Waals surface area contributed by atoms with Gasteiger partial charge in [-0.05, 0) is 55.2 Å². The number of fused-ring (bicyclic) bond motifs is 1. The van der Waals surface area contributed by atoms with Crippen molar-refractivity contribution >= 4 is 11.3 Å². The van der Waals surface area contributed by atoms with Crippen molar-refractivity contribution in [2.45, 2.75) is 51.7 Å². The highest BCUT2D eigenvalue weighted by Crippen LogP contribution is 2.30. The van der Waals surface area contributed by atoms with Gasteiger partial charge in [-0.2, -0.15) is 5.10 Å². The molecule has 19 heavy (non-hydrogen) atoms. The minimum absolute atomic E-state index is 0.444. The number of thiophene rings is 1. The summed E-state index contributed by atoms with van der Waals surface area (Å²) in [6.45, 7) is 4.15. The normalized spacial score (nSPS) is 16.3. The molecule has 1 aliphatic carbocycles. The molecule has 0 bridgehead atoms. The highest BCUT2D eigenvalue weighted by molar-refractivity contribution is 7.10. The third-order valence-electron chi connectivity index (χ3n) is 3.81. The first-order valence-corrected chi connectivity index (χ1v) is 8.00. The number of nitrogens with one attached hydrogen (secondary N) is 1. The number of hydrogen-bond acceptors (Lipinski definition) is 3. The number of aryl methyl sites for hydroxylation is 1. The van der Waals surface area contributed by atoms with E-state index in [1.165, 1.54) is 31.2 Å². The molecule has 0 saturated carbocycles. The van der Waals surface area contributed by atoms with Crippen molar-refractivity contribution in [3.63, 3.8) is 0 Å². The van der Waals surface area contributed by atoms with E-state index in [1.807, 2.05) is 34.5 Å². The Morgan fingerprint density at radius 3 is 3.16 bits per heavy atom. The Labute approximate surface area is 118 Å². The smallest absolute Gasteiger partial charge is 0.0560 e. The van der Waals surface area contributed by atoms with Gasteiger partial charge >= 0.3 is 0 Å². The third kappa shape index (κ3) is 3.07. The van der Waals surface area contributed by atoms with Crippen LogP contribution in [0.5, 0.6) is 0 Å². The second kappa shape index (κ2) is 5.88. The zero-order valence-corrected chi connectivity index (χ0v) is 12.2. The first-order valence-electron chi connectivity index (χ1n) is 7.12. The molecule has 102 valence electrons. The SMILES string of the molecule is C[C@H](Cn1cccn1)NCc1csc2c1CCCC2. The summed E-state index contributed by atoms with van der Waals surface area (Å²) in [4.78, 5) is 1.63. The number of aromatic nitrogens is 2. The first-order chi connectivity index (χ1) is 9.33. The molecule has 2 heterocycles. The lowest BCUT2D eigenvalue weighted by Gasteiger charge is -2.16. The van der Waals surface area contributed by atoms with Crippen LogP contribution in [0.3, 0.4) is 0 Å². The second-order valence-electron chi connectivity index (χ2n) is 5.38. The van der Waals surface area contributed by atoms with E-state index >= 15 is 0 Å². The molecule has 4 heteroatoms. The van der Waals surface area contributed by atoms with Crippen molar-refractivity contribution in [1.82, 2.24) is 15.1 Å². The quantitative estimate of drug-likeness (QED) is 0.909. The van der Waals surface area contributed by atoms with Crippen molar-refractivity contribution in [2.24, 2.45) is 0 Å². The van der Waals surface area contributed by atoms with Gasteiger partial charge in [-0.15, -0.1) is 11.3 Å². The summed E-state index contributed by atoms with van der Waals surface area (Å²) >= 11 is 1.95. The minimum atomic E-state index is 0.444. The molecule has 3 nitrogen and oxygen atoms in total. The minimum Gasteiger partial charge on any atom is -0.308 e. The summed E-state index contributed by atoms with van der Waals surface area (Å²) in [5, 5.41) is 10.2. The van der Waals surface area contributed by atoms with Crippen LogP contribution in [0.4, 0.5) is 0 Å². The average molecular weight is 275 g/mol. The maximum absolute atomic E-state index is 4.25. The van der Waals surface area contributed by atoms with E-state index in [4.69, 9.17) is 0 Å². The molecule has 1 N–H and O–H groups in total. The summed E-state index contributed by atoms with van der Waals surface area (Å²) in [5.41, 5.74) is 3.15. The Kier molecular flexibility index (Phi) is 3.99. The van der Waals surface area contributed by atoms with Crippen LogP contribution in [0.1, 0.15) is 35.8 Å².